The molecule has 4 rings (SSSR count). The van der Waals surface area contributed by atoms with Crippen LogP contribution in [0.4, 0.5) is 0 Å². The standard InChI is InChI=1S/C20H15Cl2N5O2/c21-14-6-4-13(5-7-14)9-23-18(28)11-26-12-24-19-17(20(26)29)10-25-27(19)16-3-1-2-15(22)8-16/h1-8,10,12H,9,11H2,(H,23,28). The minimum absolute atomic E-state index is 0.141. The number of carbonyl (C=O) groups is 1. The fourth-order valence-electron chi connectivity index (χ4n) is 2.87. The molecule has 0 unspecified atom stereocenters. The van der Waals surface area contributed by atoms with Crippen LogP contribution in [0.3, 0.4) is 0 Å². The van der Waals surface area contributed by atoms with Crippen LogP contribution in [0, 0.1) is 0 Å². The molecule has 0 aliphatic carbocycles. The molecule has 146 valence electrons. The average molecular weight is 428 g/mol. The minimum atomic E-state index is -0.343. The number of aromatic nitrogens is 4. The molecular weight excluding hydrogens is 413 g/mol. The monoisotopic (exact) mass is 427 g/mol. The van der Waals surface area contributed by atoms with Crippen LogP contribution >= 0.6 is 23.2 Å². The Kier molecular flexibility index (Phi) is 5.33. The Hall–Kier alpha value is -3.16. The number of fused-ring (bicyclic) bond motifs is 1. The Morgan fingerprint density at radius 3 is 2.62 bits per heavy atom. The molecule has 0 bridgehead atoms. The molecule has 0 aliphatic heterocycles. The first-order valence-electron chi connectivity index (χ1n) is 8.71. The highest BCUT2D eigenvalue weighted by atomic mass is 35.5. The Balaban J connectivity index is 1.53. The van der Waals surface area contributed by atoms with E-state index >= 15 is 0 Å². The topological polar surface area (TPSA) is 81.8 Å². The van der Waals surface area contributed by atoms with E-state index in [1.165, 1.54) is 21.8 Å². The third-order valence-electron chi connectivity index (χ3n) is 4.32. The molecule has 1 amide bonds. The molecule has 0 aliphatic rings. The molecule has 7 nitrogen and oxygen atoms in total. The van der Waals surface area contributed by atoms with Crippen molar-refractivity contribution in [3.63, 3.8) is 0 Å². The maximum absolute atomic E-state index is 12.7. The number of rotatable bonds is 5. The predicted molar refractivity (Wildman–Crippen MR) is 111 cm³/mol. The second kappa shape index (κ2) is 8.06. The number of benzene rings is 2. The molecule has 9 heteroatoms. The molecule has 0 radical (unpaired) electrons. The summed E-state index contributed by atoms with van der Waals surface area (Å²) in [5, 5.41) is 8.52. The summed E-state index contributed by atoms with van der Waals surface area (Å²) in [5.41, 5.74) is 1.66. The van der Waals surface area contributed by atoms with E-state index in [0.29, 0.717) is 33.3 Å². The van der Waals surface area contributed by atoms with Crippen molar-refractivity contribution in [1.82, 2.24) is 24.6 Å². The van der Waals surface area contributed by atoms with Crippen LogP contribution in [-0.2, 0) is 17.9 Å². The van der Waals surface area contributed by atoms with Crippen molar-refractivity contribution in [3.05, 3.63) is 87.0 Å². The molecule has 4 aromatic rings. The smallest absolute Gasteiger partial charge is 0.264 e. The summed E-state index contributed by atoms with van der Waals surface area (Å²) in [4.78, 5) is 29.3. The normalized spacial score (nSPS) is 11.0. The Labute approximate surface area is 175 Å². The Morgan fingerprint density at radius 2 is 1.86 bits per heavy atom. The largest absolute Gasteiger partial charge is 0.350 e. The SMILES string of the molecule is O=C(Cn1cnc2c(cnn2-c2cccc(Cl)c2)c1=O)NCc1ccc(Cl)cc1. The Bertz CT molecular complexity index is 1250. The van der Waals surface area contributed by atoms with Crippen molar-refractivity contribution in [2.45, 2.75) is 13.1 Å². The van der Waals surface area contributed by atoms with Crippen molar-refractivity contribution >= 4 is 40.1 Å². The fourth-order valence-corrected chi connectivity index (χ4v) is 3.18. The van der Waals surface area contributed by atoms with Crippen LogP contribution in [-0.4, -0.2) is 25.2 Å². The van der Waals surface area contributed by atoms with E-state index in [1.807, 2.05) is 18.2 Å². The molecule has 2 heterocycles. The lowest BCUT2D eigenvalue weighted by atomic mass is 10.2. The number of nitrogens with one attached hydrogen (secondary N) is 1. The summed E-state index contributed by atoms with van der Waals surface area (Å²) in [6.45, 7) is 0.199. The molecule has 0 saturated carbocycles. The highest BCUT2D eigenvalue weighted by Gasteiger charge is 2.13. The maximum atomic E-state index is 12.7. The van der Waals surface area contributed by atoms with Gasteiger partial charge in [0.15, 0.2) is 5.65 Å². The first kappa shape index (κ1) is 19.2. The van der Waals surface area contributed by atoms with Crippen LogP contribution in [0.15, 0.2) is 65.8 Å². The molecule has 0 fully saturated rings. The molecule has 0 saturated heterocycles. The van der Waals surface area contributed by atoms with E-state index in [0.717, 1.165) is 5.56 Å². The van der Waals surface area contributed by atoms with Gasteiger partial charge in [0, 0.05) is 16.6 Å². The van der Waals surface area contributed by atoms with Crippen LogP contribution < -0.4 is 10.9 Å². The molecule has 29 heavy (non-hydrogen) atoms. The van der Waals surface area contributed by atoms with Crippen molar-refractivity contribution in [2.24, 2.45) is 0 Å². The molecule has 0 atom stereocenters. The zero-order valence-corrected chi connectivity index (χ0v) is 16.6. The van der Waals surface area contributed by atoms with Gasteiger partial charge in [-0.3, -0.25) is 14.2 Å². The lowest BCUT2D eigenvalue weighted by molar-refractivity contribution is -0.121. The number of halogens is 2. The van der Waals surface area contributed by atoms with Gasteiger partial charge < -0.3 is 5.32 Å². The zero-order valence-electron chi connectivity index (χ0n) is 15.0. The van der Waals surface area contributed by atoms with Crippen molar-refractivity contribution in [1.29, 1.82) is 0 Å². The summed E-state index contributed by atoms with van der Waals surface area (Å²) < 4.78 is 2.79. The summed E-state index contributed by atoms with van der Waals surface area (Å²) in [5.74, 6) is -0.301. The van der Waals surface area contributed by atoms with Crippen LogP contribution in [0.2, 0.25) is 10.0 Å². The highest BCUT2D eigenvalue weighted by Crippen LogP contribution is 2.17. The third-order valence-corrected chi connectivity index (χ3v) is 4.81. The summed E-state index contributed by atoms with van der Waals surface area (Å²) >= 11 is 11.9. The first-order chi connectivity index (χ1) is 14.0. The lowest BCUT2D eigenvalue weighted by Crippen LogP contribution is -2.32. The van der Waals surface area contributed by atoms with Crippen molar-refractivity contribution in [3.8, 4) is 5.69 Å². The maximum Gasteiger partial charge on any atom is 0.264 e. The molecule has 2 aromatic carbocycles. The second-order valence-electron chi connectivity index (χ2n) is 6.35. The summed E-state index contributed by atoms with van der Waals surface area (Å²) in [6.07, 6.45) is 2.78. The van der Waals surface area contributed by atoms with Crippen LogP contribution in [0.5, 0.6) is 0 Å². The van der Waals surface area contributed by atoms with E-state index in [4.69, 9.17) is 23.2 Å². The van der Waals surface area contributed by atoms with E-state index in [-0.39, 0.29) is 18.0 Å². The van der Waals surface area contributed by atoms with Crippen molar-refractivity contribution in [2.75, 3.05) is 0 Å². The quantitative estimate of drug-likeness (QED) is 0.530. The highest BCUT2D eigenvalue weighted by molar-refractivity contribution is 6.30. The number of carbonyl (C=O) groups excluding carboxylic acids is 1. The lowest BCUT2D eigenvalue weighted by Gasteiger charge is -2.08. The first-order valence-corrected chi connectivity index (χ1v) is 9.47. The van der Waals surface area contributed by atoms with Crippen LogP contribution in [0.25, 0.3) is 16.7 Å². The molecule has 2 aromatic heterocycles. The van der Waals surface area contributed by atoms with Gasteiger partial charge in [-0.25, -0.2) is 9.67 Å². The predicted octanol–water partition coefficient (Wildman–Crippen LogP) is 3.21. The number of hydrogen-bond acceptors (Lipinski definition) is 4. The number of nitrogens with zero attached hydrogens (tertiary/aromatic N) is 4. The van der Waals surface area contributed by atoms with Crippen molar-refractivity contribution < 1.29 is 4.79 Å². The Morgan fingerprint density at radius 1 is 1.07 bits per heavy atom. The van der Waals surface area contributed by atoms with Crippen LogP contribution in [0.1, 0.15) is 5.56 Å². The summed E-state index contributed by atoms with van der Waals surface area (Å²) in [7, 11) is 0. The molecular formula is C20H15Cl2N5O2. The van der Waals surface area contributed by atoms with Gasteiger partial charge >= 0.3 is 0 Å². The fraction of sp³-hybridized carbons (Fsp3) is 0.100. The number of hydrogen-bond donors (Lipinski definition) is 1. The van der Waals surface area contributed by atoms with Gasteiger partial charge in [0.05, 0.1) is 11.9 Å². The van der Waals surface area contributed by atoms with Gasteiger partial charge in [-0.1, -0.05) is 41.4 Å². The average Bonchev–Trinajstić information content (AvgIpc) is 3.15. The second-order valence-corrected chi connectivity index (χ2v) is 7.23. The van der Waals surface area contributed by atoms with Gasteiger partial charge in [-0.05, 0) is 35.9 Å². The zero-order chi connectivity index (χ0) is 20.4. The minimum Gasteiger partial charge on any atom is -0.350 e. The van der Waals surface area contributed by atoms with Gasteiger partial charge in [0.1, 0.15) is 18.3 Å². The van der Waals surface area contributed by atoms with E-state index in [1.54, 1.807) is 30.3 Å². The molecule has 1 N–H and O–H groups in total. The van der Waals surface area contributed by atoms with Gasteiger partial charge in [0.25, 0.3) is 5.56 Å². The number of amides is 1. The molecule has 0 spiro atoms. The third kappa shape index (κ3) is 4.16. The van der Waals surface area contributed by atoms with E-state index < -0.39 is 0 Å². The summed E-state index contributed by atoms with van der Waals surface area (Å²) in [6, 6.07) is 14.2. The van der Waals surface area contributed by atoms with Gasteiger partial charge in [0.2, 0.25) is 5.91 Å². The van der Waals surface area contributed by atoms with E-state index in [9.17, 15) is 9.59 Å². The van der Waals surface area contributed by atoms with E-state index in [2.05, 4.69) is 15.4 Å². The van der Waals surface area contributed by atoms with Gasteiger partial charge in [-0.15, -0.1) is 0 Å². The van der Waals surface area contributed by atoms with Gasteiger partial charge in [-0.2, -0.15) is 5.10 Å².